The van der Waals surface area contributed by atoms with E-state index < -0.39 is 0 Å². The van der Waals surface area contributed by atoms with Gasteiger partial charge in [0.15, 0.2) is 17.5 Å². The molecule has 1 aliphatic rings. The average molecular weight is 864 g/mol. The summed E-state index contributed by atoms with van der Waals surface area (Å²) in [4.78, 5) is 15.1. The van der Waals surface area contributed by atoms with Gasteiger partial charge in [0, 0.05) is 22.3 Å². The third-order valence-electron chi connectivity index (χ3n) is 13.0. The van der Waals surface area contributed by atoms with Crippen LogP contribution in [-0.4, -0.2) is 15.0 Å². The summed E-state index contributed by atoms with van der Waals surface area (Å²) in [6, 6.07) is 81.7. The fraction of sp³-hybridized carbons (Fsp3) is 0. The second-order valence-electron chi connectivity index (χ2n) is 17.0. The molecule has 10 aromatic carbocycles. The lowest BCUT2D eigenvalue weighted by Gasteiger charge is -2.16. The van der Waals surface area contributed by atoms with Crippen LogP contribution in [-0.2, 0) is 0 Å². The molecule has 314 valence electrons. The van der Waals surface area contributed by atoms with Crippen molar-refractivity contribution in [3.8, 4) is 124 Å². The molecule has 0 spiro atoms. The zero-order valence-corrected chi connectivity index (χ0v) is 36.6. The van der Waals surface area contributed by atoms with Crippen LogP contribution in [0.2, 0.25) is 0 Å². The average Bonchev–Trinajstić information content (AvgIpc) is 3.75. The van der Waals surface area contributed by atoms with Crippen molar-refractivity contribution in [3.63, 3.8) is 0 Å². The molecule has 0 fully saturated rings. The number of hydrogen-bond acceptors (Lipinski definition) is 5. The Kier molecular flexibility index (Phi) is 9.87. The van der Waals surface area contributed by atoms with Gasteiger partial charge in [0.05, 0.1) is 23.3 Å². The summed E-state index contributed by atoms with van der Waals surface area (Å²) in [5.41, 5.74) is 19.1. The molecule has 0 radical (unpaired) electrons. The molecule has 0 N–H and O–H groups in total. The number of nitrogens with zero attached hydrogens (tertiary/aromatic N) is 5. The second-order valence-corrected chi connectivity index (χ2v) is 17.0. The lowest BCUT2D eigenvalue weighted by molar-refractivity contribution is 1.07. The highest BCUT2D eigenvalue weighted by atomic mass is 15.0. The van der Waals surface area contributed by atoms with Crippen LogP contribution in [0.4, 0.5) is 0 Å². The number of benzene rings is 10. The first-order valence-corrected chi connectivity index (χ1v) is 22.5. The normalized spacial score (nSPS) is 11.2. The van der Waals surface area contributed by atoms with E-state index in [9.17, 15) is 10.5 Å². The predicted octanol–water partition coefficient (Wildman–Crippen LogP) is 15.8. The van der Waals surface area contributed by atoms with Crippen molar-refractivity contribution in [1.29, 1.82) is 10.5 Å². The van der Waals surface area contributed by atoms with Gasteiger partial charge in [-0.25, -0.2) is 15.0 Å². The minimum absolute atomic E-state index is 0.563. The van der Waals surface area contributed by atoms with Crippen LogP contribution >= 0.6 is 0 Å². The van der Waals surface area contributed by atoms with Gasteiger partial charge in [-0.05, 0) is 126 Å². The van der Waals surface area contributed by atoms with Crippen LogP contribution in [0.3, 0.4) is 0 Å². The second kappa shape index (κ2) is 16.8. The Balaban J connectivity index is 0.931. The van der Waals surface area contributed by atoms with Crippen LogP contribution in [0.1, 0.15) is 11.1 Å². The first-order valence-electron chi connectivity index (χ1n) is 22.5. The number of fused-ring (bicyclic) bond motifs is 3. The fourth-order valence-corrected chi connectivity index (χ4v) is 9.69. The van der Waals surface area contributed by atoms with E-state index in [1.807, 2.05) is 78.9 Å². The Morgan fingerprint density at radius 1 is 0.265 bits per heavy atom. The van der Waals surface area contributed by atoms with E-state index in [4.69, 9.17) is 15.0 Å². The van der Waals surface area contributed by atoms with Gasteiger partial charge in [0.2, 0.25) is 0 Å². The molecule has 68 heavy (non-hydrogen) atoms. The van der Waals surface area contributed by atoms with Gasteiger partial charge in [-0.1, -0.05) is 182 Å². The zero-order valence-electron chi connectivity index (χ0n) is 36.6. The molecule has 5 heteroatoms. The van der Waals surface area contributed by atoms with Crippen molar-refractivity contribution in [3.05, 3.63) is 236 Å². The Morgan fingerprint density at radius 2 is 0.706 bits per heavy atom. The molecule has 0 unspecified atom stereocenters. The Hall–Kier alpha value is -9.55. The van der Waals surface area contributed by atoms with E-state index in [0.29, 0.717) is 28.6 Å². The molecular weight excluding hydrogens is 827 g/mol. The maximum absolute atomic E-state index is 10.6. The maximum Gasteiger partial charge on any atom is 0.164 e. The molecule has 1 aliphatic carbocycles. The highest BCUT2D eigenvalue weighted by Gasteiger charge is 2.23. The molecule has 12 rings (SSSR count). The lowest BCUT2D eigenvalue weighted by atomic mass is 9.87. The molecule has 5 nitrogen and oxygen atoms in total. The molecule has 0 atom stereocenters. The van der Waals surface area contributed by atoms with Crippen LogP contribution in [0.25, 0.3) is 123 Å². The Bertz CT molecular complexity index is 3860. The summed E-state index contributed by atoms with van der Waals surface area (Å²) in [5.74, 6) is 1.72. The van der Waals surface area contributed by atoms with Gasteiger partial charge in [0.1, 0.15) is 0 Å². The van der Waals surface area contributed by atoms with E-state index in [-0.39, 0.29) is 0 Å². The van der Waals surface area contributed by atoms with E-state index in [1.54, 1.807) is 0 Å². The van der Waals surface area contributed by atoms with Gasteiger partial charge in [0.25, 0.3) is 0 Å². The molecule has 0 bridgehead atoms. The third kappa shape index (κ3) is 7.09. The van der Waals surface area contributed by atoms with Crippen molar-refractivity contribution in [2.24, 2.45) is 0 Å². The zero-order chi connectivity index (χ0) is 45.6. The minimum atomic E-state index is 0.563. The van der Waals surface area contributed by atoms with E-state index in [1.165, 1.54) is 33.0 Å². The highest BCUT2D eigenvalue weighted by Crippen LogP contribution is 2.49. The largest absolute Gasteiger partial charge is 0.208 e. The Labute approximate surface area is 394 Å². The van der Waals surface area contributed by atoms with Crippen molar-refractivity contribution in [1.82, 2.24) is 15.0 Å². The van der Waals surface area contributed by atoms with E-state index in [0.717, 1.165) is 72.3 Å². The standard InChI is InChI=1S/C63H37N5/c64-38-40-24-26-41(27-25-40)42-28-30-44(31-29-42)62-66-61(43-12-2-1-3-13-43)67-63(68-62)48-16-10-14-45(34-48)51-17-4-5-18-52(51)46-32-33-49(39-65)58(36-46)54-20-7-6-19-53(54)50-35-47-15-11-23-57-55-21-8-9-22-56(55)59(37-50)60(47)57/h1-37H. The predicted molar refractivity (Wildman–Crippen MR) is 275 cm³/mol. The van der Waals surface area contributed by atoms with Gasteiger partial charge in [-0.3, -0.25) is 0 Å². The molecule has 1 heterocycles. The topological polar surface area (TPSA) is 86.2 Å². The molecule has 0 saturated heterocycles. The molecule has 0 amide bonds. The summed E-state index contributed by atoms with van der Waals surface area (Å²) in [5, 5.41) is 22.4. The van der Waals surface area contributed by atoms with Crippen molar-refractivity contribution < 1.29 is 0 Å². The Morgan fingerprint density at radius 3 is 1.35 bits per heavy atom. The number of aromatic nitrogens is 3. The van der Waals surface area contributed by atoms with Gasteiger partial charge >= 0.3 is 0 Å². The summed E-state index contributed by atoms with van der Waals surface area (Å²) < 4.78 is 0. The van der Waals surface area contributed by atoms with Crippen molar-refractivity contribution in [2.75, 3.05) is 0 Å². The summed E-state index contributed by atoms with van der Waals surface area (Å²) in [7, 11) is 0. The maximum atomic E-state index is 10.6. The first-order chi connectivity index (χ1) is 33.6. The first kappa shape index (κ1) is 40.0. The van der Waals surface area contributed by atoms with Crippen LogP contribution in [0, 0.1) is 22.7 Å². The fourth-order valence-electron chi connectivity index (χ4n) is 9.69. The number of hydrogen-bond donors (Lipinski definition) is 0. The SMILES string of the molecule is N#Cc1ccc(-c2ccc(-c3nc(-c4ccccc4)nc(-c4cccc(-c5ccccc5-c5ccc(C#N)c(-c6ccccc6-c6cc7c8c(cccc8c6)-c6ccccc6-7)c5)c4)n3)cc2)cc1. The van der Waals surface area contributed by atoms with Crippen LogP contribution in [0.5, 0.6) is 0 Å². The number of nitriles is 2. The van der Waals surface area contributed by atoms with Gasteiger partial charge in [-0.15, -0.1) is 0 Å². The molecule has 0 aliphatic heterocycles. The lowest BCUT2D eigenvalue weighted by Crippen LogP contribution is -2.00. The van der Waals surface area contributed by atoms with Gasteiger partial charge in [-0.2, -0.15) is 10.5 Å². The third-order valence-corrected chi connectivity index (χ3v) is 13.0. The van der Waals surface area contributed by atoms with Crippen LogP contribution in [0.15, 0.2) is 224 Å². The quantitative estimate of drug-likeness (QED) is 0.152. The molecule has 11 aromatic rings. The minimum Gasteiger partial charge on any atom is -0.208 e. The summed E-state index contributed by atoms with van der Waals surface area (Å²) in [6.07, 6.45) is 0. The van der Waals surface area contributed by atoms with Crippen LogP contribution < -0.4 is 0 Å². The van der Waals surface area contributed by atoms with Crippen molar-refractivity contribution in [2.45, 2.75) is 0 Å². The number of rotatable bonds is 8. The van der Waals surface area contributed by atoms with Crippen molar-refractivity contribution >= 4 is 10.8 Å². The monoisotopic (exact) mass is 863 g/mol. The van der Waals surface area contributed by atoms with E-state index in [2.05, 4.69) is 158 Å². The highest BCUT2D eigenvalue weighted by molar-refractivity contribution is 6.16. The molecule has 1 aromatic heterocycles. The van der Waals surface area contributed by atoms with Gasteiger partial charge < -0.3 is 0 Å². The molecule has 0 saturated carbocycles. The smallest absolute Gasteiger partial charge is 0.164 e. The molecular formula is C63H37N5. The van der Waals surface area contributed by atoms with E-state index >= 15 is 0 Å². The summed E-state index contributed by atoms with van der Waals surface area (Å²) >= 11 is 0. The summed E-state index contributed by atoms with van der Waals surface area (Å²) in [6.45, 7) is 0.